The summed E-state index contributed by atoms with van der Waals surface area (Å²) in [6.07, 6.45) is 0. The van der Waals surface area contributed by atoms with E-state index in [0.717, 1.165) is 0 Å². The van der Waals surface area contributed by atoms with E-state index < -0.39 is 0 Å². The molecule has 0 aliphatic carbocycles. The SMILES string of the molecule is CC(C)c1nc(C(=O)N2CC(C)(C)C2(C)C)nn1-c1cccc(F)c1. The van der Waals surface area contributed by atoms with Gasteiger partial charge in [-0.25, -0.2) is 14.1 Å². The maximum absolute atomic E-state index is 13.6. The normalized spacial score (nSPS) is 18.3. The van der Waals surface area contributed by atoms with Crippen LogP contribution in [0.3, 0.4) is 0 Å². The lowest BCUT2D eigenvalue weighted by atomic mass is 9.65. The number of nitrogens with zero attached hydrogens (tertiary/aromatic N) is 4. The highest BCUT2D eigenvalue weighted by molar-refractivity contribution is 5.92. The summed E-state index contributed by atoms with van der Waals surface area (Å²) in [5.74, 6) is 0.337. The largest absolute Gasteiger partial charge is 0.330 e. The van der Waals surface area contributed by atoms with E-state index in [1.54, 1.807) is 16.8 Å². The highest BCUT2D eigenvalue weighted by atomic mass is 19.1. The first kappa shape index (κ1) is 17.6. The summed E-state index contributed by atoms with van der Waals surface area (Å²) in [7, 11) is 0. The van der Waals surface area contributed by atoms with Crippen LogP contribution >= 0.6 is 0 Å². The topological polar surface area (TPSA) is 51.0 Å². The van der Waals surface area contributed by atoms with Gasteiger partial charge in [-0.1, -0.05) is 33.8 Å². The van der Waals surface area contributed by atoms with E-state index in [2.05, 4.69) is 37.8 Å². The van der Waals surface area contributed by atoms with E-state index in [-0.39, 0.29) is 34.4 Å². The molecular formula is C19H25FN4O. The lowest BCUT2D eigenvalue weighted by Crippen LogP contribution is -2.70. The minimum absolute atomic E-state index is 0.0503. The molecule has 134 valence electrons. The van der Waals surface area contributed by atoms with Crippen molar-refractivity contribution in [2.24, 2.45) is 5.41 Å². The zero-order valence-corrected chi connectivity index (χ0v) is 15.7. The van der Waals surface area contributed by atoms with Gasteiger partial charge in [0.15, 0.2) is 0 Å². The molecule has 6 heteroatoms. The fraction of sp³-hybridized carbons (Fsp3) is 0.526. The Hall–Kier alpha value is -2.24. The van der Waals surface area contributed by atoms with E-state index in [4.69, 9.17) is 0 Å². The molecule has 1 aliphatic heterocycles. The van der Waals surface area contributed by atoms with Gasteiger partial charge in [0.1, 0.15) is 11.6 Å². The van der Waals surface area contributed by atoms with Crippen LogP contribution in [0.5, 0.6) is 0 Å². The zero-order chi connectivity index (χ0) is 18.6. The predicted octanol–water partition coefficient (Wildman–Crippen LogP) is 3.79. The summed E-state index contributed by atoms with van der Waals surface area (Å²) >= 11 is 0. The van der Waals surface area contributed by atoms with Crippen molar-refractivity contribution >= 4 is 5.91 Å². The summed E-state index contributed by atoms with van der Waals surface area (Å²) in [5.41, 5.74) is 0.361. The molecule has 5 nitrogen and oxygen atoms in total. The predicted molar refractivity (Wildman–Crippen MR) is 94.3 cm³/mol. The highest BCUT2D eigenvalue weighted by Gasteiger charge is 2.55. The number of carbonyl (C=O) groups is 1. The number of carbonyl (C=O) groups excluding carboxylic acids is 1. The van der Waals surface area contributed by atoms with Crippen LogP contribution in [0, 0.1) is 11.2 Å². The second kappa shape index (κ2) is 5.64. The third-order valence-electron chi connectivity index (χ3n) is 5.52. The smallest absolute Gasteiger partial charge is 0.294 e. The number of hydrogen-bond acceptors (Lipinski definition) is 3. The number of rotatable bonds is 3. The number of benzene rings is 1. The van der Waals surface area contributed by atoms with Gasteiger partial charge in [0.05, 0.1) is 5.69 Å². The van der Waals surface area contributed by atoms with Crippen LogP contribution in [0.1, 0.15) is 63.9 Å². The molecule has 0 atom stereocenters. The summed E-state index contributed by atoms with van der Waals surface area (Å²) in [5, 5.41) is 4.41. The van der Waals surface area contributed by atoms with E-state index in [0.29, 0.717) is 18.1 Å². The van der Waals surface area contributed by atoms with Crippen LogP contribution in [0.2, 0.25) is 0 Å². The second-order valence-corrected chi connectivity index (χ2v) is 8.17. The van der Waals surface area contributed by atoms with E-state index in [1.165, 1.54) is 12.1 Å². The fourth-order valence-corrected chi connectivity index (χ4v) is 3.09. The van der Waals surface area contributed by atoms with Gasteiger partial charge in [-0.2, -0.15) is 0 Å². The molecule has 0 N–H and O–H groups in total. The molecule has 25 heavy (non-hydrogen) atoms. The van der Waals surface area contributed by atoms with E-state index in [1.807, 2.05) is 18.7 Å². The molecule has 1 saturated heterocycles. The summed E-state index contributed by atoms with van der Waals surface area (Å²) in [4.78, 5) is 19.2. The third-order valence-corrected chi connectivity index (χ3v) is 5.52. The Bertz CT molecular complexity index is 823. The maximum atomic E-state index is 13.6. The molecule has 1 amide bonds. The lowest BCUT2D eigenvalue weighted by Gasteiger charge is -2.60. The average molecular weight is 344 g/mol. The first-order chi connectivity index (χ1) is 11.5. The van der Waals surface area contributed by atoms with Crippen molar-refractivity contribution in [3.05, 3.63) is 41.7 Å². The molecule has 0 unspecified atom stereocenters. The van der Waals surface area contributed by atoms with Gasteiger partial charge in [-0.05, 0) is 32.0 Å². The van der Waals surface area contributed by atoms with Crippen molar-refractivity contribution in [1.82, 2.24) is 19.7 Å². The van der Waals surface area contributed by atoms with Gasteiger partial charge >= 0.3 is 0 Å². The Balaban J connectivity index is 1.99. The Kier molecular flexibility index (Phi) is 3.97. The zero-order valence-electron chi connectivity index (χ0n) is 15.7. The Morgan fingerprint density at radius 2 is 1.92 bits per heavy atom. The maximum Gasteiger partial charge on any atom is 0.294 e. The van der Waals surface area contributed by atoms with Gasteiger partial charge in [0.2, 0.25) is 5.82 Å². The minimum Gasteiger partial charge on any atom is -0.330 e. The molecule has 2 aromatic rings. The third kappa shape index (κ3) is 2.73. The van der Waals surface area contributed by atoms with Crippen LogP contribution in [0.25, 0.3) is 5.69 Å². The van der Waals surface area contributed by atoms with Crippen LogP contribution in [0.4, 0.5) is 4.39 Å². The molecular weight excluding hydrogens is 319 g/mol. The Morgan fingerprint density at radius 1 is 1.24 bits per heavy atom. The molecule has 0 saturated carbocycles. The van der Waals surface area contributed by atoms with Crippen molar-refractivity contribution in [3.8, 4) is 5.69 Å². The monoisotopic (exact) mass is 344 g/mol. The molecule has 3 rings (SSSR count). The van der Waals surface area contributed by atoms with Gasteiger partial charge in [-0.3, -0.25) is 4.79 Å². The molecule has 0 bridgehead atoms. The van der Waals surface area contributed by atoms with Crippen LogP contribution in [-0.2, 0) is 0 Å². The Labute approximate surface area is 147 Å². The summed E-state index contributed by atoms with van der Waals surface area (Å²) in [6.45, 7) is 13.0. The van der Waals surface area contributed by atoms with Gasteiger partial charge < -0.3 is 4.90 Å². The molecule has 1 aromatic heterocycles. The van der Waals surface area contributed by atoms with Crippen molar-refractivity contribution in [1.29, 1.82) is 0 Å². The van der Waals surface area contributed by atoms with E-state index >= 15 is 0 Å². The number of likely N-dealkylation sites (tertiary alicyclic amines) is 1. The van der Waals surface area contributed by atoms with Crippen molar-refractivity contribution in [2.75, 3.05) is 6.54 Å². The molecule has 1 aromatic carbocycles. The van der Waals surface area contributed by atoms with Crippen LogP contribution in [0.15, 0.2) is 24.3 Å². The van der Waals surface area contributed by atoms with Gasteiger partial charge in [0, 0.05) is 23.4 Å². The first-order valence-electron chi connectivity index (χ1n) is 8.59. The first-order valence-corrected chi connectivity index (χ1v) is 8.59. The van der Waals surface area contributed by atoms with Crippen molar-refractivity contribution in [2.45, 2.75) is 53.0 Å². The highest BCUT2D eigenvalue weighted by Crippen LogP contribution is 2.46. The lowest BCUT2D eigenvalue weighted by molar-refractivity contribution is -0.0887. The van der Waals surface area contributed by atoms with Crippen LogP contribution < -0.4 is 0 Å². The molecule has 2 heterocycles. The van der Waals surface area contributed by atoms with Gasteiger partial charge in [0.25, 0.3) is 5.91 Å². The molecule has 1 fully saturated rings. The number of halogens is 1. The molecule has 0 spiro atoms. The van der Waals surface area contributed by atoms with Crippen molar-refractivity contribution in [3.63, 3.8) is 0 Å². The minimum atomic E-state index is -0.346. The number of hydrogen-bond donors (Lipinski definition) is 0. The van der Waals surface area contributed by atoms with Crippen LogP contribution in [-0.4, -0.2) is 37.7 Å². The fourth-order valence-electron chi connectivity index (χ4n) is 3.09. The quantitative estimate of drug-likeness (QED) is 0.851. The second-order valence-electron chi connectivity index (χ2n) is 8.17. The summed E-state index contributed by atoms with van der Waals surface area (Å²) in [6, 6.07) is 6.16. The average Bonchev–Trinajstić information content (AvgIpc) is 2.97. The van der Waals surface area contributed by atoms with Gasteiger partial charge in [-0.15, -0.1) is 5.10 Å². The number of amides is 1. The number of aromatic nitrogens is 3. The molecule has 1 aliphatic rings. The van der Waals surface area contributed by atoms with Crippen molar-refractivity contribution < 1.29 is 9.18 Å². The Morgan fingerprint density at radius 3 is 2.44 bits per heavy atom. The molecule has 0 radical (unpaired) electrons. The van der Waals surface area contributed by atoms with E-state index in [9.17, 15) is 9.18 Å². The summed E-state index contributed by atoms with van der Waals surface area (Å²) < 4.78 is 15.2. The standard InChI is InChI=1S/C19H25FN4O/c1-12(2)16-21-15(17(25)23-11-18(3,4)19(23,5)6)22-24(16)14-9-7-8-13(20)10-14/h7-10,12H,11H2,1-6H3.